The molecule has 1 heterocycles. The Labute approximate surface area is 153 Å². The van der Waals surface area contributed by atoms with Gasteiger partial charge in [-0.25, -0.2) is 0 Å². The van der Waals surface area contributed by atoms with E-state index in [9.17, 15) is 10.1 Å². The van der Waals surface area contributed by atoms with Gasteiger partial charge in [0.1, 0.15) is 11.6 Å². The normalized spacial score (nSPS) is 16.7. The Balaban J connectivity index is 1.61. The van der Waals surface area contributed by atoms with E-state index in [4.69, 9.17) is 4.74 Å². The Morgan fingerprint density at radius 3 is 2.54 bits per heavy atom. The molecule has 1 atom stereocenters. The average Bonchev–Trinajstić information content (AvgIpc) is 3.20. The lowest BCUT2D eigenvalue weighted by atomic mass is 10.1. The molecule has 2 aromatic carbocycles. The number of nitrogens with zero attached hydrogens (tertiary/aromatic N) is 1. The van der Waals surface area contributed by atoms with Crippen molar-refractivity contribution in [2.45, 2.75) is 18.9 Å². The van der Waals surface area contributed by atoms with Crippen LogP contribution in [0.15, 0.2) is 60.2 Å². The zero-order valence-corrected chi connectivity index (χ0v) is 14.4. The van der Waals surface area contributed by atoms with Crippen LogP contribution in [0.3, 0.4) is 0 Å². The average molecular weight is 347 g/mol. The predicted molar refractivity (Wildman–Crippen MR) is 102 cm³/mol. The van der Waals surface area contributed by atoms with E-state index < -0.39 is 0 Å². The lowest BCUT2D eigenvalue weighted by Gasteiger charge is -2.10. The predicted octanol–water partition coefficient (Wildman–Crippen LogP) is 3.63. The smallest absolute Gasteiger partial charge is 0.262 e. The molecule has 132 valence electrons. The Morgan fingerprint density at radius 1 is 1.15 bits per heavy atom. The highest BCUT2D eigenvalue weighted by Crippen LogP contribution is 2.18. The molecule has 3 rings (SSSR count). The first-order valence-corrected chi connectivity index (χ1v) is 8.68. The summed E-state index contributed by atoms with van der Waals surface area (Å²) in [6.07, 6.45) is 3.62. The molecule has 0 saturated carbocycles. The van der Waals surface area contributed by atoms with Gasteiger partial charge in [-0.2, -0.15) is 5.26 Å². The summed E-state index contributed by atoms with van der Waals surface area (Å²) in [5.41, 5.74) is 2.83. The molecule has 1 aliphatic rings. The number of rotatable bonds is 6. The fourth-order valence-electron chi connectivity index (χ4n) is 2.77. The van der Waals surface area contributed by atoms with Gasteiger partial charge in [0.25, 0.3) is 5.91 Å². The van der Waals surface area contributed by atoms with Crippen molar-refractivity contribution in [1.82, 2.24) is 5.32 Å². The second-order valence-corrected chi connectivity index (χ2v) is 6.13. The molecule has 0 aromatic heterocycles. The maximum atomic E-state index is 12.2. The zero-order chi connectivity index (χ0) is 18.2. The molecule has 0 aliphatic carbocycles. The lowest BCUT2D eigenvalue weighted by molar-refractivity contribution is -0.117. The first kappa shape index (κ1) is 17.7. The van der Waals surface area contributed by atoms with E-state index >= 15 is 0 Å². The summed E-state index contributed by atoms with van der Waals surface area (Å²) in [7, 11) is 0. The van der Waals surface area contributed by atoms with Crippen molar-refractivity contribution >= 4 is 23.4 Å². The van der Waals surface area contributed by atoms with Gasteiger partial charge < -0.3 is 15.4 Å². The topological polar surface area (TPSA) is 74.2 Å². The Bertz CT molecular complexity index is 801. The van der Waals surface area contributed by atoms with Gasteiger partial charge >= 0.3 is 0 Å². The summed E-state index contributed by atoms with van der Waals surface area (Å²) in [5, 5.41) is 15.3. The molecule has 0 radical (unpaired) electrons. The maximum Gasteiger partial charge on any atom is 0.262 e. The number of amides is 1. The molecule has 5 heteroatoms. The summed E-state index contributed by atoms with van der Waals surface area (Å²) < 4.78 is 5.47. The second-order valence-electron chi connectivity index (χ2n) is 6.13. The van der Waals surface area contributed by atoms with Crippen LogP contribution in [0.2, 0.25) is 0 Å². The Morgan fingerprint density at radius 2 is 1.88 bits per heavy atom. The number of hydrogen-bond acceptors (Lipinski definition) is 4. The van der Waals surface area contributed by atoms with Gasteiger partial charge in [-0.15, -0.1) is 0 Å². The number of nitriles is 1. The van der Waals surface area contributed by atoms with E-state index in [2.05, 4.69) is 10.6 Å². The largest absolute Gasteiger partial charge is 0.376 e. The summed E-state index contributed by atoms with van der Waals surface area (Å²) in [6, 6.07) is 19.4. The molecule has 0 bridgehead atoms. The molecule has 1 aliphatic heterocycles. The van der Waals surface area contributed by atoms with Crippen molar-refractivity contribution in [2.24, 2.45) is 0 Å². The van der Waals surface area contributed by atoms with Gasteiger partial charge in [0.15, 0.2) is 0 Å². The fourth-order valence-corrected chi connectivity index (χ4v) is 2.77. The molecule has 2 aromatic rings. The number of para-hydroxylation sites is 1. The summed E-state index contributed by atoms with van der Waals surface area (Å²) in [4.78, 5) is 12.2. The zero-order valence-electron chi connectivity index (χ0n) is 14.4. The van der Waals surface area contributed by atoms with Crippen molar-refractivity contribution in [2.75, 3.05) is 18.5 Å². The molecule has 1 amide bonds. The molecular weight excluding hydrogens is 326 g/mol. The molecule has 0 unspecified atom stereocenters. The number of hydrogen-bond donors (Lipinski definition) is 2. The Hall–Kier alpha value is -3.10. The van der Waals surface area contributed by atoms with Crippen molar-refractivity contribution in [3.63, 3.8) is 0 Å². The molecule has 2 N–H and O–H groups in total. The van der Waals surface area contributed by atoms with Crippen molar-refractivity contribution in [1.29, 1.82) is 5.26 Å². The number of benzene rings is 2. The molecule has 26 heavy (non-hydrogen) atoms. The molecular formula is C21H21N3O2. The first-order valence-electron chi connectivity index (χ1n) is 8.68. The third-order valence-corrected chi connectivity index (χ3v) is 4.16. The van der Waals surface area contributed by atoms with Gasteiger partial charge in [0, 0.05) is 24.5 Å². The van der Waals surface area contributed by atoms with Gasteiger partial charge in [0.2, 0.25) is 0 Å². The van der Waals surface area contributed by atoms with Gasteiger partial charge in [-0.05, 0) is 48.7 Å². The van der Waals surface area contributed by atoms with E-state index in [1.807, 2.05) is 60.7 Å². The van der Waals surface area contributed by atoms with E-state index in [1.54, 1.807) is 6.08 Å². The molecule has 1 fully saturated rings. The third kappa shape index (κ3) is 4.95. The highest BCUT2D eigenvalue weighted by molar-refractivity contribution is 6.01. The van der Waals surface area contributed by atoms with Gasteiger partial charge in [0.05, 0.1) is 6.10 Å². The van der Waals surface area contributed by atoms with E-state index in [0.717, 1.165) is 36.4 Å². The minimum absolute atomic E-state index is 0.0576. The summed E-state index contributed by atoms with van der Waals surface area (Å²) in [6.45, 7) is 1.18. The van der Waals surface area contributed by atoms with Crippen LogP contribution >= 0.6 is 0 Å². The van der Waals surface area contributed by atoms with Crippen molar-refractivity contribution in [3.05, 3.63) is 65.7 Å². The highest BCUT2D eigenvalue weighted by atomic mass is 16.5. The third-order valence-electron chi connectivity index (χ3n) is 4.16. The molecule has 1 saturated heterocycles. The second kappa shape index (κ2) is 8.84. The summed E-state index contributed by atoms with van der Waals surface area (Å²) >= 11 is 0. The molecule has 5 nitrogen and oxygen atoms in total. The SMILES string of the molecule is N#C/C(=C\c1ccc(Nc2ccccc2)cc1)C(=O)NC[C@H]1CCCO1. The van der Waals surface area contributed by atoms with Gasteiger partial charge in [-0.3, -0.25) is 4.79 Å². The number of ether oxygens (including phenoxy) is 1. The minimum Gasteiger partial charge on any atom is -0.376 e. The van der Waals surface area contributed by atoms with Crippen LogP contribution in [0.25, 0.3) is 6.08 Å². The van der Waals surface area contributed by atoms with Gasteiger partial charge in [-0.1, -0.05) is 30.3 Å². The maximum absolute atomic E-state index is 12.2. The van der Waals surface area contributed by atoms with Crippen LogP contribution in [-0.4, -0.2) is 25.2 Å². The van der Waals surface area contributed by atoms with Crippen LogP contribution < -0.4 is 10.6 Å². The standard InChI is InChI=1S/C21H21N3O2/c22-14-17(21(25)23-15-20-7-4-12-26-20)13-16-8-10-19(11-9-16)24-18-5-2-1-3-6-18/h1-3,5-6,8-11,13,20,24H,4,7,12,15H2,(H,23,25)/b17-13+/t20-/m1/s1. The van der Waals surface area contributed by atoms with Crippen molar-refractivity contribution < 1.29 is 9.53 Å². The number of carbonyl (C=O) groups is 1. The summed E-state index contributed by atoms with van der Waals surface area (Å²) in [5.74, 6) is -0.366. The van der Waals surface area contributed by atoms with E-state index in [1.165, 1.54) is 0 Å². The van der Waals surface area contributed by atoms with Crippen LogP contribution in [-0.2, 0) is 9.53 Å². The quantitative estimate of drug-likeness (QED) is 0.618. The van der Waals surface area contributed by atoms with Crippen LogP contribution in [0.1, 0.15) is 18.4 Å². The van der Waals surface area contributed by atoms with Crippen molar-refractivity contribution in [3.8, 4) is 6.07 Å². The number of carbonyl (C=O) groups excluding carboxylic acids is 1. The first-order chi connectivity index (χ1) is 12.7. The van der Waals surface area contributed by atoms with Crippen LogP contribution in [0, 0.1) is 11.3 Å². The van der Waals surface area contributed by atoms with Crippen LogP contribution in [0.4, 0.5) is 11.4 Å². The highest BCUT2D eigenvalue weighted by Gasteiger charge is 2.17. The Kier molecular flexibility index (Phi) is 6.02. The van der Waals surface area contributed by atoms with E-state index in [-0.39, 0.29) is 17.6 Å². The fraction of sp³-hybridized carbons (Fsp3) is 0.238. The van der Waals surface area contributed by atoms with E-state index in [0.29, 0.717) is 6.54 Å². The minimum atomic E-state index is -0.366. The monoisotopic (exact) mass is 347 g/mol. The molecule has 0 spiro atoms. The number of nitrogens with one attached hydrogen (secondary N) is 2. The number of anilines is 2. The lowest BCUT2D eigenvalue weighted by Crippen LogP contribution is -2.32. The van der Waals surface area contributed by atoms with Crippen LogP contribution in [0.5, 0.6) is 0 Å².